The van der Waals surface area contributed by atoms with Crippen LogP contribution in [-0.4, -0.2) is 7.05 Å². The molecule has 0 saturated carbocycles. The molecule has 0 aromatic heterocycles. The molecule has 0 spiro atoms. The normalized spacial score (nSPS) is 10.5. The first-order chi connectivity index (χ1) is 9.22. The van der Waals surface area contributed by atoms with Crippen molar-refractivity contribution >= 4 is 0 Å². The molecule has 100 valence electrons. The molecule has 0 atom stereocenters. The molecule has 0 unspecified atom stereocenters. The van der Waals surface area contributed by atoms with E-state index in [9.17, 15) is 4.39 Å². The molecule has 2 rings (SSSR count). The van der Waals surface area contributed by atoms with Crippen LogP contribution in [0.3, 0.4) is 0 Å². The van der Waals surface area contributed by atoms with Gasteiger partial charge in [0, 0.05) is 17.7 Å². The Hall–Kier alpha value is -1.87. The highest BCUT2D eigenvalue weighted by atomic mass is 19.1. The summed E-state index contributed by atoms with van der Waals surface area (Å²) in [6.45, 7) is 2.97. The number of para-hydroxylation sites is 1. The Morgan fingerprint density at radius 1 is 1.05 bits per heavy atom. The molecule has 2 aromatic rings. The Bertz CT molecular complexity index is 554. The molecular formula is C16H18FNO. The van der Waals surface area contributed by atoms with Crippen molar-refractivity contribution in [3.05, 3.63) is 65.0 Å². The monoisotopic (exact) mass is 259 g/mol. The maximum absolute atomic E-state index is 13.5. The lowest BCUT2D eigenvalue weighted by atomic mass is 10.1. The molecule has 0 aliphatic carbocycles. The molecule has 0 fully saturated rings. The summed E-state index contributed by atoms with van der Waals surface area (Å²) in [5, 5.41) is 3.11. The second kappa shape index (κ2) is 6.34. The predicted molar refractivity (Wildman–Crippen MR) is 74.7 cm³/mol. The van der Waals surface area contributed by atoms with Crippen LogP contribution in [0.15, 0.2) is 42.5 Å². The Morgan fingerprint density at radius 3 is 2.53 bits per heavy atom. The van der Waals surface area contributed by atoms with Gasteiger partial charge in [0.05, 0.1) is 0 Å². The van der Waals surface area contributed by atoms with E-state index in [1.165, 1.54) is 6.07 Å². The second-order valence-corrected chi connectivity index (χ2v) is 4.47. The highest BCUT2D eigenvalue weighted by Gasteiger charge is 2.08. The summed E-state index contributed by atoms with van der Waals surface area (Å²) in [4.78, 5) is 0. The quantitative estimate of drug-likeness (QED) is 0.888. The van der Waals surface area contributed by atoms with E-state index < -0.39 is 0 Å². The van der Waals surface area contributed by atoms with Crippen molar-refractivity contribution in [1.29, 1.82) is 0 Å². The Balaban J connectivity index is 2.17. The maximum Gasteiger partial charge on any atom is 0.129 e. The fraction of sp³-hybridized carbons (Fsp3) is 0.250. The van der Waals surface area contributed by atoms with Gasteiger partial charge in [-0.1, -0.05) is 36.4 Å². The van der Waals surface area contributed by atoms with Gasteiger partial charge in [0.25, 0.3) is 0 Å². The number of hydrogen-bond donors (Lipinski definition) is 1. The van der Waals surface area contributed by atoms with Crippen LogP contribution in [0.25, 0.3) is 0 Å². The van der Waals surface area contributed by atoms with Crippen LogP contribution in [0.4, 0.5) is 4.39 Å². The van der Waals surface area contributed by atoms with Gasteiger partial charge in [-0.25, -0.2) is 4.39 Å². The van der Waals surface area contributed by atoms with E-state index in [0.29, 0.717) is 5.56 Å². The molecule has 2 nitrogen and oxygen atoms in total. The van der Waals surface area contributed by atoms with E-state index in [1.54, 1.807) is 12.1 Å². The number of aryl methyl sites for hydroxylation is 1. The Kier molecular flexibility index (Phi) is 4.53. The second-order valence-electron chi connectivity index (χ2n) is 4.47. The van der Waals surface area contributed by atoms with Crippen LogP contribution in [0.5, 0.6) is 5.75 Å². The largest absolute Gasteiger partial charge is 0.488 e. The van der Waals surface area contributed by atoms with Gasteiger partial charge in [-0.05, 0) is 25.6 Å². The van der Waals surface area contributed by atoms with Crippen molar-refractivity contribution < 1.29 is 9.13 Å². The minimum atomic E-state index is -0.230. The predicted octanol–water partition coefficient (Wildman–Crippen LogP) is 3.43. The molecule has 3 heteroatoms. The van der Waals surface area contributed by atoms with Gasteiger partial charge in [0.15, 0.2) is 0 Å². The standard InChI is InChI=1S/C16H18FNO/c1-12-6-5-8-13(10-18-2)16(12)19-11-14-7-3-4-9-15(14)17/h3-9,18H,10-11H2,1-2H3. The van der Waals surface area contributed by atoms with Gasteiger partial charge in [-0.2, -0.15) is 0 Å². The molecule has 0 bridgehead atoms. The molecular weight excluding hydrogens is 241 g/mol. The van der Waals surface area contributed by atoms with Crippen LogP contribution >= 0.6 is 0 Å². The van der Waals surface area contributed by atoms with Gasteiger partial charge in [-0.15, -0.1) is 0 Å². The average Bonchev–Trinajstić information content (AvgIpc) is 2.40. The van der Waals surface area contributed by atoms with Crippen molar-refractivity contribution in [2.45, 2.75) is 20.1 Å². The van der Waals surface area contributed by atoms with Crippen molar-refractivity contribution in [1.82, 2.24) is 5.32 Å². The molecule has 2 aromatic carbocycles. The number of ether oxygens (including phenoxy) is 1. The molecule has 1 N–H and O–H groups in total. The van der Waals surface area contributed by atoms with Gasteiger partial charge < -0.3 is 10.1 Å². The summed E-state index contributed by atoms with van der Waals surface area (Å²) in [6.07, 6.45) is 0. The number of hydrogen-bond acceptors (Lipinski definition) is 2. The zero-order valence-electron chi connectivity index (χ0n) is 11.2. The number of benzene rings is 2. The third-order valence-electron chi connectivity index (χ3n) is 2.99. The van der Waals surface area contributed by atoms with Crippen LogP contribution in [-0.2, 0) is 13.2 Å². The highest BCUT2D eigenvalue weighted by molar-refractivity contribution is 5.40. The van der Waals surface area contributed by atoms with E-state index >= 15 is 0 Å². The number of nitrogens with one attached hydrogen (secondary N) is 1. The minimum Gasteiger partial charge on any atom is -0.488 e. The molecule has 0 saturated heterocycles. The summed E-state index contributed by atoms with van der Waals surface area (Å²) in [5.41, 5.74) is 2.71. The molecule has 0 radical (unpaired) electrons. The van der Waals surface area contributed by atoms with Crippen molar-refractivity contribution in [3.63, 3.8) is 0 Å². The summed E-state index contributed by atoms with van der Waals surface area (Å²) in [7, 11) is 1.89. The van der Waals surface area contributed by atoms with E-state index in [4.69, 9.17) is 4.74 Å². The topological polar surface area (TPSA) is 21.3 Å². The summed E-state index contributed by atoms with van der Waals surface area (Å²) >= 11 is 0. The first-order valence-corrected chi connectivity index (χ1v) is 6.31. The number of rotatable bonds is 5. The minimum absolute atomic E-state index is 0.230. The Morgan fingerprint density at radius 2 is 1.79 bits per heavy atom. The van der Waals surface area contributed by atoms with Crippen LogP contribution in [0.1, 0.15) is 16.7 Å². The maximum atomic E-state index is 13.5. The first kappa shape index (κ1) is 13.6. The van der Waals surface area contributed by atoms with Gasteiger partial charge in [-0.3, -0.25) is 0 Å². The lowest BCUT2D eigenvalue weighted by molar-refractivity contribution is 0.294. The van der Waals surface area contributed by atoms with Crippen LogP contribution < -0.4 is 10.1 Å². The fourth-order valence-corrected chi connectivity index (χ4v) is 2.01. The number of halogens is 1. The molecule has 0 aliphatic heterocycles. The molecule has 0 aliphatic rings. The van der Waals surface area contributed by atoms with Crippen LogP contribution in [0, 0.1) is 12.7 Å². The van der Waals surface area contributed by atoms with E-state index in [0.717, 1.165) is 23.4 Å². The zero-order chi connectivity index (χ0) is 13.7. The molecule has 0 heterocycles. The van der Waals surface area contributed by atoms with E-state index in [-0.39, 0.29) is 12.4 Å². The fourth-order valence-electron chi connectivity index (χ4n) is 2.01. The lowest BCUT2D eigenvalue weighted by Crippen LogP contribution is -2.08. The van der Waals surface area contributed by atoms with Gasteiger partial charge >= 0.3 is 0 Å². The van der Waals surface area contributed by atoms with Gasteiger partial charge in [0.2, 0.25) is 0 Å². The summed E-state index contributed by atoms with van der Waals surface area (Å²) < 4.78 is 19.4. The van der Waals surface area contributed by atoms with Crippen molar-refractivity contribution in [2.75, 3.05) is 7.05 Å². The smallest absolute Gasteiger partial charge is 0.129 e. The van der Waals surface area contributed by atoms with E-state index in [2.05, 4.69) is 5.32 Å². The van der Waals surface area contributed by atoms with E-state index in [1.807, 2.05) is 38.2 Å². The van der Waals surface area contributed by atoms with Crippen molar-refractivity contribution in [3.8, 4) is 5.75 Å². The zero-order valence-corrected chi connectivity index (χ0v) is 11.2. The van der Waals surface area contributed by atoms with Gasteiger partial charge in [0.1, 0.15) is 18.2 Å². The third-order valence-corrected chi connectivity index (χ3v) is 2.99. The van der Waals surface area contributed by atoms with Crippen LogP contribution in [0.2, 0.25) is 0 Å². The summed E-state index contributed by atoms with van der Waals surface area (Å²) in [6, 6.07) is 12.7. The first-order valence-electron chi connectivity index (χ1n) is 6.31. The SMILES string of the molecule is CNCc1cccc(C)c1OCc1ccccc1F. The molecule has 19 heavy (non-hydrogen) atoms. The van der Waals surface area contributed by atoms with Crippen molar-refractivity contribution in [2.24, 2.45) is 0 Å². The lowest BCUT2D eigenvalue weighted by Gasteiger charge is -2.14. The summed E-state index contributed by atoms with van der Waals surface area (Å²) in [5.74, 6) is 0.603. The average molecular weight is 259 g/mol. The Labute approximate surface area is 113 Å². The highest BCUT2D eigenvalue weighted by Crippen LogP contribution is 2.24. The third kappa shape index (κ3) is 3.32. The molecule has 0 amide bonds.